The zero-order valence-electron chi connectivity index (χ0n) is 6.48. The van der Waals surface area contributed by atoms with Crippen LogP contribution < -0.4 is 10.2 Å². The van der Waals surface area contributed by atoms with Crippen LogP contribution in [0.15, 0.2) is 0 Å². The molecule has 0 saturated carbocycles. The molecule has 0 aromatic rings. The second-order valence-electron chi connectivity index (χ2n) is 0.697. The molecule has 0 bridgehead atoms. The monoisotopic (exact) mass is 264 g/mol. The predicted octanol–water partition coefficient (Wildman–Crippen LogP) is -3.69. The Morgan fingerprint density at radius 1 is 0.786 bits per heavy atom. The maximum absolute atomic E-state index is 8.33. The van der Waals surface area contributed by atoms with Crippen LogP contribution in [0.4, 0.5) is 4.79 Å². The van der Waals surface area contributed by atoms with Gasteiger partial charge >= 0.3 is 75.5 Å². The van der Waals surface area contributed by atoms with Gasteiger partial charge in [-0.2, -0.15) is 0 Å². The van der Waals surface area contributed by atoms with E-state index in [1.54, 1.807) is 0 Å². The Balaban J connectivity index is -0.0000000270. The minimum absolute atomic E-state index is 0. The zero-order valence-corrected chi connectivity index (χ0v) is 10.9. The largest absolute Gasteiger partial charge is 2.00 e. The van der Waals surface area contributed by atoms with E-state index < -0.39 is 16.3 Å². The third-order valence-electron chi connectivity index (χ3n) is 0. The molecule has 0 aliphatic rings. The fourth-order valence-corrected chi connectivity index (χ4v) is 0. The SMILES string of the molecule is O=C([O-])[O-].O=[N+]([O-])[O-].O=[N+]([O-])[O-].[Ca+2].[Ca+2]. The molecule has 0 heterocycles. The molecule has 0 unspecified atom stereocenters. The Labute approximate surface area is 136 Å². The van der Waals surface area contributed by atoms with Gasteiger partial charge in [0, 0.05) is 0 Å². The van der Waals surface area contributed by atoms with Crippen molar-refractivity contribution in [2.24, 2.45) is 0 Å². The first-order chi connectivity index (χ1) is 5.20. The minimum Gasteiger partial charge on any atom is -0.652 e. The van der Waals surface area contributed by atoms with Gasteiger partial charge in [-0.15, -0.1) is 0 Å². The molecule has 0 aliphatic carbocycles. The van der Waals surface area contributed by atoms with E-state index in [4.69, 9.17) is 45.7 Å². The van der Waals surface area contributed by atoms with E-state index in [9.17, 15) is 0 Å². The summed E-state index contributed by atoms with van der Waals surface area (Å²) < 4.78 is 0. The topological polar surface area (TPSA) is 196 Å². The molecule has 0 rings (SSSR count). The Bertz CT molecular complexity index is 118. The molecular formula is CCa2N2O9. The minimum atomic E-state index is -2.33. The van der Waals surface area contributed by atoms with Crippen molar-refractivity contribution in [2.45, 2.75) is 0 Å². The molecule has 14 heavy (non-hydrogen) atoms. The summed E-state index contributed by atoms with van der Waals surface area (Å²) in [6.07, 6.45) is -2.33. The Morgan fingerprint density at radius 2 is 0.786 bits per heavy atom. The number of nitrogens with zero attached hydrogens (tertiary/aromatic N) is 2. The van der Waals surface area contributed by atoms with Gasteiger partial charge in [0.2, 0.25) is 0 Å². The van der Waals surface area contributed by atoms with E-state index in [1.807, 2.05) is 0 Å². The zero-order chi connectivity index (χ0) is 10.7. The van der Waals surface area contributed by atoms with Crippen molar-refractivity contribution in [2.75, 3.05) is 0 Å². The van der Waals surface area contributed by atoms with Gasteiger partial charge in [0.15, 0.2) is 0 Å². The summed E-state index contributed by atoms with van der Waals surface area (Å²) in [4.78, 5) is 24.8. The third kappa shape index (κ3) is 42500. The number of carboxylic acid groups (broad SMARTS) is 2. The van der Waals surface area contributed by atoms with Crippen molar-refractivity contribution < 1.29 is 25.2 Å². The van der Waals surface area contributed by atoms with Crippen molar-refractivity contribution in [3.63, 3.8) is 0 Å². The van der Waals surface area contributed by atoms with Gasteiger partial charge in [-0.05, 0) is 6.16 Å². The number of rotatable bonds is 0. The number of hydrogen-bond acceptors (Lipinski definition) is 9. The molecule has 0 amide bonds. The van der Waals surface area contributed by atoms with E-state index in [1.165, 1.54) is 0 Å². The molecular weight excluding hydrogens is 264 g/mol. The van der Waals surface area contributed by atoms with Gasteiger partial charge in [0.05, 0.1) is 10.2 Å². The van der Waals surface area contributed by atoms with Crippen LogP contribution in [0, 0.1) is 30.6 Å². The van der Waals surface area contributed by atoms with Gasteiger partial charge in [0.1, 0.15) is 0 Å². The van der Waals surface area contributed by atoms with Crippen LogP contribution in [0.5, 0.6) is 0 Å². The van der Waals surface area contributed by atoms with Gasteiger partial charge in [-0.3, -0.25) is 0 Å². The summed E-state index contributed by atoms with van der Waals surface area (Å²) in [6, 6.07) is 0. The second-order valence-corrected chi connectivity index (χ2v) is 0.697. The third-order valence-corrected chi connectivity index (χ3v) is 0. The quantitative estimate of drug-likeness (QED) is 0.240. The molecule has 0 saturated heterocycles. The number of carbonyl (C=O) groups is 1. The summed E-state index contributed by atoms with van der Waals surface area (Å²) in [5, 5.41) is 46.2. The maximum Gasteiger partial charge on any atom is 2.00 e. The van der Waals surface area contributed by atoms with Gasteiger partial charge in [-0.1, -0.05) is 0 Å². The molecule has 0 N–H and O–H groups in total. The van der Waals surface area contributed by atoms with Gasteiger partial charge in [-0.25, -0.2) is 0 Å². The molecule has 11 nitrogen and oxygen atoms in total. The van der Waals surface area contributed by atoms with Crippen molar-refractivity contribution in [3.05, 3.63) is 30.6 Å². The first-order valence-electron chi connectivity index (χ1n) is 1.71. The standard InChI is InChI=1S/CH2O3.2Ca.2NO3/c2-1(3)4;;;2*2-1(3)4/h(H2,2,3,4);;;;/q;2*+2;2*-1/p-2. The predicted molar refractivity (Wildman–Crippen MR) is 37.6 cm³/mol. The van der Waals surface area contributed by atoms with E-state index in [0.29, 0.717) is 0 Å². The van der Waals surface area contributed by atoms with Crippen LogP contribution >= 0.6 is 0 Å². The maximum atomic E-state index is 8.33. The molecule has 0 radical (unpaired) electrons. The molecule has 0 aromatic carbocycles. The van der Waals surface area contributed by atoms with Crippen molar-refractivity contribution >= 4 is 81.6 Å². The normalized spacial score (nSPS) is 5.14. The molecule has 0 aliphatic heterocycles. The fourth-order valence-electron chi connectivity index (χ4n) is 0. The van der Waals surface area contributed by atoms with Crippen molar-refractivity contribution in [1.29, 1.82) is 0 Å². The van der Waals surface area contributed by atoms with Crippen molar-refractivity contribution in [3.8, 4) is 0 Å². The summed E-state index contributed by atoms with van der Waals surface area (Å²) in [6.45, 7) is 0. The van der Waals surface area contributed by atoms with Crippen LogP contribution in [0.25, 0.3) is 0 Å². The Morgan fingerprint density at radius 3 is 0.786 bits per heavy atom. The average Bonchev–Trinajstić information content (AvgIpc) is 1.54. The van der Waals surface area contributed by atoms with Gasteiger partial charge in [0.25, 0.3) is 0 Å². The molecule has 0 aromatic heterocycles. The number of carbonyl (C=O) groups excluding carboxylic acids is 1. The molecule has 13 heteroatoms. The number of hydrogen-bond donors (Lipinski definition) is 0. The fraction of sp³-hybridized carbons (Fsp3) is 0. The molecule has 0 atom stereocenters. The summed E-state index contributed by atoms with van der Waals surface area (Å²) >= 11 is 0. The van der Waals surface area contributed by atoms with E-state index >= 15 is 0 Å². The summed E-state index contributed by atoms with van der Waals surface area (Å²) in [5.41, 5.74) is 0. The first kappa shape index (κ1) is 29.2. The van der Waals surface area contributed by atoms with Crippen LogP contribution in [-0.2, 0) is 0 Å². The van der Waals surface area contributed by atoms with Gasteiger partial charge < -0.3 is 45.7 Å². The van der Waals surface area contributed by atoms with Crippen LogP contribution in [0.1, 0.15) is 0 Å². The molecule has 0 spiro atoms. The van der Waals surface area contributed by atoms with E-state index in [2.05, 4.69) is 0 Å². The molecule has 72 valence electrons. The van der Waals surface area contributed by atoms with Crippen LogP contribution in [0.3, 0.4) is 0 Å². The van der Waals surface area contributed by atoms with Crippen LogP contribution in [-0.4, -0.2) is 91.8 Å². The van der Waals surface area contributed by atoms with E-state index in [-0.39, 0.29) is 75.5 Å². The Hall–Kier alpha value is 0.189. The second kappa shape index (κ2) is 23.2. The Kier molecular flexibility index (Phi) is 48.5. The average molecular weight is 264 g/mol. The van der Waals surface area contributed by atoms with Crippen LogP contribution in [0.2, 0.25) is 0 Å². The summed E-state index contributed by atoms with van der Waals surface area (Å²) in [7, 11) is 0. The first-order valence-corrected chi connectivity index (χ1v) is 1.71. The van der Waals surface area contributed by atoms with E-state index in [0.717, 1.165) is 0 Å². The summed E-state index contributed by atoms with van der Waals surface area (Å²) in [5.74, 6) is 0. The smallest absolute Gasteiger partial charge is 0.652 e. The van der Waals surface area contributed by atoms with Crippen molar-refractivity contribution in [1.82, 2.24) is 0 Å². The molecule has 0 fully saturated rings.